The Hall–Kier alpha value is -0.320. The molecule has 0 aromatic rings. The molecule has 1 aliphatic rings. The van der Waals surface area contributed by atoms with Crippen molar-refractivity contribution in [3.8, 4) is 0 Å². The SMILES string of the molecule is CC(C)(C)OC=O.CCC1CNCCN1CCl. The van der Waals surface area contributed by atoms with E-state index in [0.717, 1.165) is 19.6 Å². The number of alkyl halides is 1. The van der Waals surface area contributed by atoms with E-state index in [1.807, 2.05) is 20.8 Å². The van der Waals surface area contributed by atoms with Gasteiger partial charge < -0.3 is 10.1 Å². The highest BCUT2D eigenvalue weighted by molar-refractivity contribution is 6.17. The van der Waals surface area contributed by atoms with Crippen LogP contribution >= 0.6 is 11.6 Å². The maximum absolute atomic E-state index is 9.60. The van der Waals surface area contributed by atoms with Crippen molar-refractivity contribution in [2.45, 2.75) is 45.8 Å². The molecule has 0 bridgehead atoms. The maximum atomic E-state index is 9.60. The number of hydrogen-bond acceptors (Lipinski definition) is 4. The van der Waals surface area contributed by atoms with Crippen LogP contribution in [0.1, 0.15) is 34.1 Å². The molecule has 5 heteroatoms. The Kier molecular flexibility index (Phi) is 8.56. The van der Waals surface area contributed by atoms with Gasteiger partial charge in [-0.1, -0.05) is 6.92 Å². The topological polar surface area (TPSA) is 41.6 Å². The van der Waals surface area contributed by atoms with Gasteiger partial charge in [0, 0.05) is 25.7 Å². The lowest BCUT2D eigenvalue weighted by Crippen LogP contribution is -2.50. The van der Waals surface area contributed by atoms with E-state index in [1.54, 1.807) is 0 Å². The summed E-state index contributed by atoms with van der Waals surface area (Å²) < 4.78 is 4.55. The minimum atomic E-state index is -0.318. The Balaban J connectivity index is 0.000000325. The number of rotatable bonds is 3. The van der Waals surface area contributed by atoms with Crippen molar-refractivity contribution in [3.63, 3.8) is 0 Å². The van der Waals surface area contributed by atoms with Crippen LogP contribution in [-0.4, -0.2) is 48.7 Å². The van der Waals surface area contributed by atoms with Gasteiger partial charge in [0.2, 0.25) is 0 Å². The lowest BCUT2D eigenvalue weighted by molar-refractivity contribution is -0.138. The molecule has 1 N–H and O–H groups in total. The van der Waals surface area contributed by atoms with Gasteiger partial charge in [0.05, 0.1) is 6.00 Å². The number of carbonyl (C=O) groups is 1. The molecule has 1 fully saturated rings. The fraction of sp³-hybridized carbons (Fsp3) is 0.917. The number of ether oxygens (including phenoxy) is 1. The van der Waals surface area contributed by atoms with E-state index < -0.39 is 0 Å². The Morgan fingerprint density at radius 2 is 2.18 bits per heavy atom. The van der Waals surface area contributed by atoms with E-state index in [0.29, 0.717) is 18.5 Å². The molecule has 4 nitrogen and oxygen atoms in total. The monoisotopic (exact) mass is 264 g/mol. The summed E-state index contributed by atoms with van der Waals surface area (Å²) in [5.74, 6) is 0. The van der Waals surface area contributed by atoms with E-state index in [9.17, 15) is 4.79 Å². The summed E-state index contributed by atoms with van der Waals surface area (Å²) in [6.45, 7) is 11.4. The van der Waals surface area contributed by atoms with E-state index in [1.165, 1.54) is 6.42 Å². The van der Waals surface area contributed by atoms with E-state index in [2.05, 4.69) is 21.9 Å². The molecular weight excluding hydrogens is 240 g/mol. The zero-order valence-corrected chi connectivity index (χ0v) is 12.1. The Morgan fingerprint density at radius 1 is 1.53 bits per heavy atom. The lowest BCUT2D eigenvalue weighted by atomic mass is 10.1. The standard InChI is InChI=1S/C7H15ClN2.C5H10O2/c1-2-7-5-9-3-4-10(7)6-8;1-5(2,3)7-4-6/h7,9H,2-6H2,1H3;4H,1-3H3. The predicted molar refractivity (Wildman–Crippen MR) is 71.3 cm³/mol. The van der Waals surface area contributed by atoms with Crippen LogP contribution in [0.2, 0.25) is 0 Å². The largest absolute Gasteiger partial charge is 0.462 e. The molecule has 0 saturated carbocycles. The zero-order chi connectivity index (χ0) is 13.3. The summed E-state index contributed by atoms with van der Waals surface area (Å²) >= 11 is 5.75. The zero-order valence-electron chi connectivity index (χ0n) is 11.3. The van der Waals surface area contributed by atoms with Gasteiger partial charge in [0.15, 0.2) is 0 Å². The Bertz CT molecular complexity index is 195. The van der Waals surface area contributed by atoms with Gasteiger partial charge in [-0.25, -0.2) is 0 Å². The third-order valence-electron chi connectivity index (χ3n) is 2.50. The van der Waals surface area contributed by atoms with E-state index in [4.69, 9.17) is 11.6 Å². The normalized spacial score (nSPS) is 21.4. The van der Waals surface area contributed by atoms with Crippen molar-refractivity contribution < 1.29 is 9.53 Å². The molecule has 0 aromatic heterocycles. The van der Waals surface area contributed by atoms with Gasteiger partial charge >= 0.3 is 0 Å². The third-order valence-corrected chi connectivity index (χ3v) is 2.81. The molecule has 1 heterocycles. The summed E-state index contributed by atoms with van der Waals surface area (Å²) in [4.78, 5) is 11.9. The summed E-state index contributed by atoms with van der Waals surface area (Å²) in [5, 5.41) is 3.35. The first kappa shape index (κ1) is 16.7. The fourth-order valence-corrected chi connectivity index (χ4v) is 1.82. The second-order valence-electron chi connectivity index (χ2n) is 5.02. The molecule has 0 aromatic carbocycles. The molecule has 1 atom stereocenters. The molecule has 0 spiro atoms. The molecule has 1 rings (SSSR count). The highest BCUT2D eigenvalue weighted by atomic mass is 35.5. The van der Waals surface area contributed by atoms with Gasteiger partial charge in [-0.3, -0.25) is 9.69 Å². The molecule has 0 radical (unpaired) electrons. The van der Waals surface area contributed by atoms with Crippen LogP contribution in [0.4, 0.5) is 0 Å². The first-order valence-electron chi connectivity index (χ1n) is 6.06. The molecule has 1 aliphatic heterocycles. The second-order valence-corrected chi connectivity index (χ2v) is 5.26. The van der Waals surface area contributed by atoms with E-state index in [-0.39, 0.29) is 5.60 Å². The number of nitrogens with one attached hydrogen (secondary N) is 1. The average Bonchev–Trinajstić information content (AvgIpc) is 2.28. The van der Waals surface area contributed by atoms with Crippen molar-refractivity contribution in [3.05, 3.63) is 0 Å². The minimum absolute atomic E-state index is 0.318. The smallest absolute Gasteiger partial charge is 0.293 e. The van der Waals surface area contributed by atoms with Gasteiger partial charge in [-0.15, -0.1) is 11.6 Å². The molecule has 17 heavy (non-hydrogen) atoms. The van der Waals surface area contributed by atoms with Crippen molar-refractivity contribution in [2.24, 2.45) is 0 Å². The summed E-state index contributed by atoms with van der Waals surface area (Å²) in [5.41, 5.74) is -0.318. The highest BCUT2D eigenvalue weighted by Gasteiger charge is 2.18. The Morgan fingerprint density at radius 3 is 2.47 bits per heavy atom. The molecular formula is C12H25ClN2O2. The summed E-state index contributed by atoms with van der Waals surface area (Å²) in [7, 11) is 0. The Labute approximate surface area is 110 Å². The number of hydrogen-bond donors (Lipinski definition) is 1. The first-order valence-corrected chi connectivity index (χ1v) is 6.60. The molecule has 0 amide bonds. The average molecular weight is 265 g/mol. The summed E-state index contributed by atoms with van der Waals surface area (Å²) in [6, 6.07) is 1.34. The molecule has 1 saturated heterocycles. The third kappa shape index (κ3) is 8.41. The quantitative estimate of drug-likeness (QED) is 0.480. The lowest BCUT2D eigenvalue weighted by Gasteiger charge is -2.33. The van der Waals surface area contributed by atoms with Gasteiger partial charge in [0.25, 0.3) is 6.47 Å². The first-order chi connectivity index (χ1) is 7.94. The van der Waals surface area contributed by atoms with Crippen molar-refractivity contribution in [2.75, 3.05) is 25.6 Å². The number of piperazine rings is 1. The van der Waals surface area contributed by atoms with Crippen LogP contribution in [0.5, 0.6) is 0 Å². The van der Waals surface area contributed by atoms with Crippen molar-refractivity contribution in [1.82, 2.24) is 10.2 Å². The predicted octanol–water partition coefficient (Wildman–Crippen LogP) is 1.82. The van der Waals surface area contributed by atoms with Gasteiger partial charge in [-0.05, 0) is 27.2 Å². The van der Waals surface area contributed by atoms with Crippen LogP contribution in [0, 0.1) is 0 Å². The number of nitrogens with zero attached hydrogens (tertiary/aromatic N) is 1. The number of carbonyl (C=O) groups excluding carboxylic acids is 1. The van der Waals surface area contributed by atoms with Gasteiger partial charge in [0.1, 0.15) is 5.60 Å². The van der Waals surface area contributed by atoms with Crippen LogP contribution in [0.25, 0.3) is 0 Å². The second kappa shape index (κ2) is 8.72. The molecule has 102 valence electrons. The summed E-state index contributed by atoms with van der Waals surface area (Å²) in [6.07, 6.45) is 1.19. The molecule has 1 unspecified atom stereocenters. The minimum Gasteiger partial charge on any atom is -0.462 e. The van der Waals surface area contributed by atoms with Crippen molar-refractivity contribution in [1.29, 1.82) is 0 Å². The number of halogens is 1. The fourth-order valence-electron chi connectivity index (χ4n) is 1.51. The van der Waals surface area contributed by atoms with Crippen LogP contribution in [-0.2, 0) is 9.53 Å². The maximum Gasteiger partial charge on any atom is 0.293 e. The highest BCUT2D eigenvalue weighted by Crippen LogP contribution is 2.06. The van der Waals surface area contributed by atoms with Crippen LogP contribution in [0.3, 0.4) is 0 Å². The van der Waals surface area contributed by atoms with Gasteiger partial charge in [-0.2, -0.15) is 0 Å². The van der Waals surface area contributed by atoms with Crippen molar-refractivity contribution >= 4 is 18.1 Å². The van der Waals surface area contributed by atoms with E-state index >= 15 is 0 Å². The molecule has 0 aliphatic carbocycles. The van der Waals surface area contributed by atoms with Crippen LogP contribution in [0.15, 0.2) is 0 Å². The van der Waals surface area contributed by atoms with Crippen LogP contribution < -0.4 is 5.32 Å².